The monoisotopic (exact) mass is 341 g/mol. The van der Waals surface area contributed by atoms with Crippen LogP contribution >= 0.6 is 0 Å². The fraction of sp³-hybridized carbons (Fsp3) is 0.294. The molecular weight excluding hydrogens is 326 g/mol. The molecule has 0 spiro atoms. The first-order valence-corrected chi connectivity index (χ1v) is 7.89. The van der Waals surface area contributed by atoms with Crippen molar-refractivity contribution in [1.82, 2.24) is 15.3 Å². The van der Waals surface area contributed by atoms with Gasteiger partial charge >= 0.3 is 5.97 Å². The number of hydrogen-bond donors (Lipinski definition) is 0. The number of esters is 1. The van der Waals surface area contributed by atoms with Crippen molar-refractivity contribution in [3.05, 3.63) is 47.7 Å². The second-order valence-corrected chi connectivity index (χ2v) is 5.69. The summed E-state index contributed by atoms with van der Waals surface area (Å²) in [4.78, 5) is 16.4. The predicted octanol–water partition coefficient (Wildman–Crippen LogP) is 3.10. The lowest BCUT2D eigenvalue weighted by Crippen LogP contribution is -2.08. The van der Waals surface area contributed by atoms with Crippen LogP contribution in [0.4, 0.5) is 0 Å². The Balaban J connectivity index is 1.47. The molecule has 3 aromatic rings. The van der Waals surface area contributed by atoms with Crippen molar-refractivity contribution < 1.29 is 23.3 Å². The van der Waals surface area contributed by atoms with Crippen molar-refractivity contribution >= 4 is 5.97 Å². The van der Waals surface area contributed by atoms with Crippen molar-refractivity contribution in [3.8, 4) is 17.1 Å². The van der Waals surface area contributed by atoms with Gasteiger partial charge in [0.05, 0.1) is 5.69 Å². The van der Waals surface area contributed by atoms with E-state index in [0.29, 0.717) is 35.3 Å². The molecule has 1 unspecified atom stereocenters. The highest BCUT2D eigenvalue weighted by atomic mass is 16.5. The van der Waals surface area contributed by atoms with Gasteiger partial charge in [-0.3, -0.25) is 0 Å². The molecule has 1 atom stereocenters. The smallest absolute Gasteiger partial charge is 0.348 e. The summed E-state index contributed by atoms with van der Waals surface area (Å²) in [5.41, 5.74) is 1.53. The first-order valence-electron chi connectivity index (χ1n) is 7.89. The quantitative estimate of drug-likeness (QED) is 0.527. The molecule has 3 heterocycles. The van der Waals surface area contributed by atoms with Crippen LogP contribution in [-0.2, 0) is 4.74 Å². The third-order valence-corrected chi connectivity index (χ3v) is 3.94. The number of carbonyl (C=O) groups excluding carboxylic acids is 1. The van der Waals surface area contributed by atoms with Crippen LogP contribution in [0.2, 0.25) is 0 Å². The Morgan fingerprint density at radius 3 is 2.76 bits per heavy atom. The van der Waals surface area contributed by atoms with Crippen LogP contribution in [0.1, 0.15) is 40.9 Å². The van der Waals surface area contributed by atoms with E-state index in [2.05, 4.69) is 15.3 Å². The molecule has 0 N–H and O–H groups in total. The normalized spacial score (nSPS) is 16.9. The molecule has 128 valence electrons. The van der Waals surface area contributed by atoms with Crippen molar-refractivity contribution in [2.45, 2.75) is 25.9 Å². The molecule has 0 bridgehead atoms. The maximum atomic E-state index is 12.0. The average molecular weight is 341 g/mol. The van der Waals surface area contributed by atoms with E-state index in [9.17, 15) is 4.79 Å². The summed E-state index contributed by atoms with van der Waals surface area (Å²) in [6.07, 6.45) is 3.03. The van der Waals surface area contributed by atoms with E-state index in [-0.39, 0.29) is 6.10 Å². The van der Waals surface area contributed by atoms with Gasteiger partial charge in [0.1, 0.15) is 23.7 Å². The van der Waals surface area contributed by atoms with Gasteiger partial charge in [-0.05, 0) is 44.0 Å². The summed E-state index contributed by atoms with van der Waals surface area (Å²) in [7, 11) is 0. The maximum Gasteiger partial charge on any atom is 0.348 e. The third-order valence-electron chi connectivity index (χ3n) is 3.94. The van der Waals surface area contributed by atoms with Gasteiger partial charge in [0.2, 0.25) is 5.82 Å². The Labute approximate surface area is 142 Å². The lowest BCUT2D eigenvalue weighted by Gasteiger charge is -2.03. The number of carbonyl (C=O) groups is 1. The van der Waals surface area contributed by atoms with Crippen molar-refractivity contribution in [2.24, 2.45) is 0 Å². The Morgan fingerprint density at radius 2 is 2.08 bits per heavy atom. The minimum Gasteiger partial charge on any atom is -0.423 e. The van der Waals surface area contributed by atoms with E-state index >= 15 is 0 Å². The minimum absolute atomic E-state index is 0.117. The number of rotatable bonds is 4. The maximum absolute atomic E-state index is 12.0. The van der Waals surface area contributed by atoms with Gasteiger partial charge in [0, 0.05) is 12.2 Å². The summed E-state index contributed by atoms with van der Waals surface area (Å²) in [5, 5.41) is 7.63. The topological polar surface area (TPSA) is 100 Å². The van der Waals surface area contributed by atoms with Crippen LogP contribution in [0.25, 0.3) is 11.4 Å². The average Bonchev–Trinajstić information content (AvgIpc) is 3.36. The van der Waals surface area contributed by atoms with Gasteiger partial charge in [-0.15, -0.1) is 0 Å². The van der Waals surface area contributed by atoms with Gasteiger partial charge in [0.15, 0.2) is 0 Å². The molecule has 25 heavy (non-hydrogen) atoms. The molecule has 2 aromatic heterocycles. The lowest BCUT2D eigenvalue weighted by molar-refractivity contribution is 0.0733. The first-order chi connectivity index (χ1) is 12.2. The second kappa shape index (κ2) is 6.48. The van der Waals surface area contributed by atoms with Crippen molar-refractivity contribution in [2.75, 3.05) is 6.61 Å². The molecule has 0 aliphatic carbocycles. The second-order valence-electron chi connectivity index (χ2n) is 5.69. The summed E-state index contributed by atoms with van der Waals surface area (Å²) in [5.74, 6) is 0.841. The number of benzene rings is 1. The van der Waals surface area contributed by atoms with Gasteiger partial charge in [-0.1, -0.05) is 10.3 Å². The molecule has 1 aliphatic heterocycles. The molecule has 8 heteroatoms. The highest BCUT2D eigenvalue weighted by molar-refractivity contribution is 5.91. The molecule has 4 rings (SSSR count). The van der Waals surface area contributed by atoms with Gasteiger partial charge in [-0.25, -0.2) is 4.79 Å². The lowest BCUT2D eigenvalue weighted by atomic mass is 10.2. The Hall–Kier alpha value is -3.00. The Bertz CT molecular complexity index is 878. The Kier molecular flexibility index (Phi) is 4.02. The number of hydrogen-bond acceptors (Lipinski definition) is 8. The van der Waals surface area contributed by atoms with E-state index in [1.165, 1.54) is 6.26 Å². The van der Waals surface area contributed by atoms with E-state index in [4.69, 9.17) is 18.5 Å². The van der Waals surface area contributed by atoms with E-state index < -0.39 is 5.97 Å². The molecule has 1 aromatic carbocycles. The van der Waals surface area contributed by atoms with Crippen LogP contribution in [-0.4, -0.2) is 27.9 Å². The fourth-order valence-corrected chi connectivity index (χ4v) is 2.58. The highest BCUT2D eigenvalue weighted by Crippen LogP contribution is 2.29. The van der Waals surface area contributed by atoms with Crippen molar-refractivity contribution in [3.63, 3.8) is 0 Å². The molecule has 1 saturated heterocycles. The number of ether oxygens (including phenoxy) is 2. The summed E-state index contributed by atoms with van der Waals surface area (Å²) < 4.78 is 20.8. The zero-order valence-corrected chi connectivity index (χ0v) is 13.5. The molecule has 8 nitrogen and oxygen atoms in total. The Morgan fingerprint density at radius 1 is 1.24 bits per heavy atom. The summed E-state index contributed by atoms with van der Waals surface area (Å²) >= 11 is 0. The minimum atomic E-state index is -0.522. The standard InChI is InChI=1S/C17H15N3O5/c1-10-13(9-23-19-10)17(21)24-12-6-4-11(5-7-12)15-18-16(25-20-15)14-3-2-8-22-14/h4-7,9,14H,2-3,8H2,1H3. The van der Waals surface area contributed by atoms with Gasteiger partial charge in [-0.2, -0.15) is 4.98 Å². The summed E-state index contributed by atoms with van der Waals surface area (Å²) in [6.45, 7) is 2.39. The van der Waals surface area contributed by atoms with Crippen molar-refractivity contribution in [1.29, 1.82) is 0 Å². The molecule has 0 amide bonds. The predicted molar refractivity (Wildman–Crippen MR) is 83.9 cm³/mol. The van der Waals surface area contributed by atoms with E-state index in [1.807, 2.05) is 0 Å². The van der Waals surface area contributed by atoms with Gasteiger partial charge < -0.3 is 18.5 Å². The molecule has 0 saturated carbocycles. The van der Waals surface area contributed by atoms with Crippen LogP contribution in [0, 0.1) is 6.92 Å². The van der Waals surface area contributed by atoms with E-state index in [0.717, 1.165) is 18.4 Å². The van der Waals surface area contributed by atoms with Crippen LogP contribution in [0.15, 0.2) is 39.6 Å². The number of aryl methyl sites for hydroxylation is 1. The first kappa shape index (κ1) is 15.5. The summed E-state index contributed by atoms with van der Waals surface area (Å²) in [6, 6.07) is 6.84. The molecule has 1 fully saturated rings. The van der Waals surface area contributed by atoms with Gasteiger partial charge in [0.25, 0.3) is 5.89 Å². The molecule has 0 radical (unpaired) electrons. The van der Waals surface area contributed by atoms with Crippen LogP contribution in [0.5, 0.6) is 5.75 Å². The van der Waals surface area contributed by atoms with Crippen LogP contribution in [0.3, 0.4) is 0 Å². The fourth-order valence-electron chi connectivity index (χ4n) is 2.58. The highest BCUT2D eigenvalue weighted by Gasteiger charge is 2.24. The largest absolute Gasteiger partial charge is 0.423 e. The SMILES string of the molecule is Cc1nocc1C(=O)Oc1ccc(-c2noc(C3CCCO3)n2)cc1. The molecule has 1 aliphatic rings. The number of nitrogens with zero attached hydrogens (tertiary/aromatic N) is 3. The van der Waals surface area contributed by atoms with E-state index in [1.54, 1.807) is 31.2 Å². The zero-order chi connectivity index (χ0) is 17.2. The number of aromatic nitrogens is 3. The van der Waals surface area contributed by atoms with Crippen LogP contribution < -0.4 is 4.74 Å². The zero-order valence-electron chi connectivity index (χ0n) is 13.5. The third kappa shape index (κ3) is 3.16. The molecular formula is C17H15N3O5.